The molecule has 0 unspecified atom stereocenters. The molecule has 64 heavy (non-hydrogen) atoms. The first-order valence-electron chi connectivity index (χ1n) is 23.5. The summed E-state index contributed by atoms with van der Waals surface area (Å²) in [6.07, 6.45) is 8.22. The Morgan fingerprint density at radius 2 is 1.91 bits per heavy atom. The van der Waals surface area contributed by atoms with Crippen LogP contribution in [0.2, 0.25) is 0 Å². The number of carbonyl (C=O) groups excluding carboxylic acids is 3. The van der Waals surface area contributed by atoms with Crippen LogP contribution < -0.4 is 10.7 Å². The van der Waals surface area contributed by atoms with Crippen LogP contribution in [-0.4, -0.2) is 124 Å². The van der Waals surface area contributed by atoms with Gasteiger partial charge in [-0.25, -0.2) is 10.4 Å². The van der Waals surface area contributed by atoms with Gasteiger partial charge in [0.1, 0.15) is 22.7 Å². The molecule has 12 rings (SSSR count). The van der Waals surface area contributed by atoms with Crippen LogP contribution in [0.25, 0.3) is 33.4 Å². The van der Waals surface area contributed by atoms with E-state index in [1.54, 1.807) is 23.5 Å². The molecule has 0 radical (unpaired) electrons. The lowest BCUT2D eigenvalue weighted by molar-refractivity contribution is -0.160. The zero-order chi connectivity index (χ0) is 44.3. The Bertz CT molecular complexity index is 2490. The van der Waals surface area contributed by atoms with Crippen molar-refractivity contribution in [3.63, 3.8) is 0 Å². The standard InChI is InChI=1S/C49H62N8O6S/c1-28-31-19-49(20-31,63-28)46(60)52-40-42(55-25-48(26-55)14-9-15-48)43-51-37(24-64-43)30-12-13-38-34(18-30)35(21-47(3,4)27-62-45(59)36-11-8-17-56(53-36)44(40)58)41(57(38)32-22-54(5)23-32)33-10-7-16-50-39(33)29(2)61-6/h7,10,12-13,16,18,24,28-29,31-32,36,40,42,53H,8-9,11,14-15,17,19-23,25-27H2,1-6H3,(H,52,60)/t28-,29-,31?,36-,40-,42-,49?/m0/s1. The minimum absolute atomic E-state index is 0.000320. The number of methoxy groups -OCH3 is 1. The van der Waals surface area contributed by atoms with Crippen molar-refractivity contribution >= 4 is 40.0 Å². The summed E-state index contributed by atoms with van der Waals surface area (Å²) in [7, 11) is 3.88. The molecule has 8 aliphatic rings. The summed E-state index contributed by atoms with van der Waals surface area (Å²) in [5, 5.41) is 8.88. The molecule has 1 aromatic carbocycles. The first-order chi connectivity index (χ1) is 30.7. The number of cyclic esters (lactones) is 1. The third-order valence-electron chi connectivity index (χ3n) is 15.8. The summed E-state index contributed by atoms with van der Waals surface area (Å²) in [4.78, 5) is 58.8. The van der Waals surface area contributed by atoms with Gasteiger partial charge in [-0.05, 0) is 107 Å². The minimum atomic E-state index is -0.966. The van der Waals surface area contributed by atoms with Crippen molar-refractivity contribution in [1.82, 2.24) is 40.1 Å². The van der Waals surface area contributed by atoms with Crippen LogP contribution >= 0.6 is 11.3 Å². The lowest BCUT2D eigenvalue weighted by Crippen LogP contribution is -2.68. The lowest BCUT2D eigenvalue weighted by atomic mass is 9.63. The van der Waals surface area contributed by atoms with Gasteiger partial charge >= 0.3 is 5.97 Å². The number of amides is 2. The number of fused-ring (bicyclic) bond motifs is 7. The van der Waals surface area contributed by atoms with Crippen LogP contribution in [-0.2, 0) is 35.0 Å². The molecule has 8 bridgehead atoms. The molecule has 4 aromatic rings. The SMILES string of the molecule is CO[C@@H](C)c1ncccc1-c1c2c3cc(ccc3n1C1CN(C)C1)-c1csc(n1)[C@@H](N1CC3(CCC3)C1)[C@H](NC(=O)C13CC(C1)[C@H](C)O3)C(=O)N1CCC[C@H](N1)C(=O)OCC(C)(C)C2. The fourth-order valence-electron chi connectivity index (χ4n) is 12.0. The van der Waals surface area contributed by atoms with Crippen molar-refractivity contribution in [2.24, 2.45) is 16.7 Å². The highest BCUT2D eigenvalue weighted by Gasteiger charge is 2.62. The summed E-state index contributed by atoms with van der Waals surface area (Å²) in [5.41, 5.74) is 9.27. The Labute approximate surface area is 379 Å². The Morgan fingerprint density at radius 1 is 1.11 bits per heavy atom. The predicted molar refractivity (Wildman–Crippen MR) is 243 cm³/mol. The highest BCUT2D eigenvalue weighted by Crippen LogP contribution is 2.54. The summed E-state index contributed by atoms with van der Waals surface area (Å²) in [6, 6.07) is 8.91. The van der Waals surface area contributed by atoms with Gasteiger partial charge in [0.2, 0.25) is 0 Å². The van der Waals surface area contributed by atoms with Crippen molar-refractivity contribution in [1.29, 1.82) is 0 Å². The molecule has 15 heteroatoms. The largest absolute Gasteiger partial charge is 0.464 e. The number of ether oxygens (including phenoxy) is 3. The number of hydrogen-bond donors (Lipinski definition) is 2. The summed E-state index contributed by atoms with van der Waals surface area (Å²) in [6.45, 7) is 12.5. The quantitative estimate of drug-likeness (QED) is 0.204. The van der Waals surface area contributed by atoms with Gasteiger partial charge in [0.05, 0.1) is 48.0 Å². The third kappa shape index (κ3) is 7.02. The van der Waals surface area contributed by atoms with Crippen LogP contribution in [0.3, 0.4) is 0 Å². The maximum atomic E-state index is 15.2. The smallest absolute Gasteiger partial charge is 0.324 e. The molecular formula is C49H62N8O6S. The fraction of sp³-hybridized carbons (Fsp3) is 0.612. The Morgan fingerprint density at radius 3 is 2.61 bits per heavy atom. The normalized spacial score (nSPS) is 30.8. The van der Waals surface area contributed by atoms with E-state index in [9.17, 15) is 9.59 Å². The molecule has 14 nitrogen and oxygen atoms in total. The van der Waals surface area contributed by atoms with Gasteiger partial charge < -0.3 is 29.0 Å². The Kier molecular flexibility index (Phi) is 10.4. The molecule has 1 spiro atoms. The molecule has 2 N–H and O–H groups in total. The molecule has 2 saturated carbocycles. The molecule has 3 aromatic heterocycles. The first-order valence-corrected chi connectivity index (χ1v) is 24.4. The second kappa shape index (κ2) is 15.7. The van der Waals surface area contributed by atoms with E-state index < -0.39 is 29.1 Å². The second-order valence-corrected chi connectivity index (χ2v) is 22.0. The van der Waals surface area contributed by atoms with E-state index in [1.165, 1.54) is 24.8 Å². The number of likely N-dealkylation sites (tertiary alicyclic amines) is 2. The fourth-order valence-corrected chi connectivity index (χ4v) is 13.0. The van der Waals surface area contributed by atoms with Crippen LogP contribution in [0.15, 0.2) is 41.9 Å². The van der Waals surface area contributed by atoms with Crippen molar-refractivity contribution < 1.29 is 28.6 Å². The molecule has 6 aliphatic heterocycles. The summed E-state index contributed by atoms with van der Waals surface area (Å²) < 4.78 is 21.0. The monoisotopic (exact) mass is 890 g/mol. The second-order valence-electron chi connectivity index (χ2n) is 21.1. The average Bonchev–Trinajstić information content (AvgIpc) is 4.01. The molecule has 9 heterocycles. The van der Waals surface area contributed by atoms with Crippen molar-refractivity contribution in [3.8, 4) is 22.5 Å². The van der Waals surface area contributed by atoms with Gasteiger partial charge in [0.25, 0.3) is 11.8 Å². The molecular weight excluding hydrogens is 829 g/mol. The van der Waals surface area contributed by atoms with Gasteiger partial charge in [-0.1, -0.05) is 26.3 Å². The number of aromatic nitrogens is 3. The number of hydrogen-bond acceptors (Lipinski definition) is 12. The number of thiazole rings is 1. The zero-order valence-electron chi connectivity index (χ0n) is 38.0. The first kappa shape index (κ1) is 42.4. The van der Waals surface area contributed by atoms with Gasteiger partial charge in [0, 0.05) is 78.9 Å². The number of likely N-dealkylation sites (N-methyl/N-ethyl adjacent to an activating group) is 1. The number of rotatable bonds is 7. The lowest BCUT2D eigenvalue weighted by Gasteiger charge is -2.59. The highest BCUT2D eigenvalue weighted by molar-refractivity contribution is 7.10. The van der Waals surface area contributed by atoms with E-state index in [1.807, 2.05) is 26.1 Å². The molecule has 5 atom stereocenters. The third-order valence-corrected chi connectivity index (χ3v) is 16.8. The Balaban J connectivity index is 1.07. The van der Waals surface area contributed by atoms with E-state index >= 15 is 4.79 Å². The molecule has 7 fully saturated rings. The van der Waals surface area contributed by atoms with E-state index in [0.29, 0.717) is 44.6 Å². The van der Waals surface area contributed by atoms with Crippen LogP contribution in [0, 0.1) is 16.7 Å². The Hall–Kier alpha value is -4.25. The maximum absolute atomic E-state index is 15.2. The number of nitrogens with zero attached hydrogens (tertiary/aromatic N) is 6. The van der Waals surface area contributed by atoms with E-state index in [-0.39, 0.29) is 48.1 Å². The van der Waals surface area contributed by atoms with Gasteiger partial charge in [-0.2, -0.15) is 0 Å². The number of carbonyl (C=O) groups is 3. The average molecular weight is 891 g/mol. The van der Waals surface area contributed by atoms with Crippen LogP contribution in [0.5, 0.6) is 0 Å². The molecule has 2 amide bonds. The van der Waals surface area contributed by atoms with Crippen molar-refractivity contribution in [3.05, 3.63) is 58.2 Å². The zero-order valence-corrected chi connectivity index (χ0v) is 38.8. The van der Waals surface area contributed by atoms with Gasteiger partial charge in [-0.15, -0.1) is 11.3 Å². The van der Waals surface area contributed by atoms with Crippen LogP contribution in [0.4, 0.5) is 0 Å². The number of pyridine rings is 1. The van der Waals surface area contributed by atoms with Gasteiger partial charge in [-0.3, -0.25) is 29.3 Å². The molecule has 340 valence electrons. The van der Waals surface area contributed by atoms with E-state index in [0.717, 1.165) is 70.3 Å². The minimum Gasteiger partial charge on any atom is -0.464 e. The molecule has 2 aliphatic carbocycles. The number of nitrogens with one attached hydrogen (secondary N) is 2. The number of esters is 1. The summed E-state index contributed by atoms with van der Waals surface area (Å²) >= 11 is 1.55. The highest BCUT2D eigenvalue weighted by atomic mass is 32.1. The maximum Gasteiger partial charge on any atom is 0.324 e. The van der Waals surface area contributed by atoms with Crippen LogP contribution in [0.1, 0.15) is 107 Å². The van der Waals surface area contributed by atoms with E-state index in [2.05, 4.69) is 75.7 Å². The number of hydrazine groups is 1. The van der Waals surface area contributed by atoms with Gasteiger partial charge in [0.15, 0.2) is 0 Å². The number of benzene rings is 1. The predicted octanol–water partition coefficient (Wildman–Crippen LogP) is 6.22. The van der Waals surface area contributed by atoms with E-state index in [4.69, 9.17) is 24.2 Å². The van der Waals surface area contributed by atoms with Crippen molar-refractivity contribution in [2.75, 3.05) is 53.5 Å². The topological polar surface area (TPSA) is 143 Å². The molecule has 5 saturated heterocycles. The summed E-state index contributed by atoms with van der Waals surface area (Å²) in [5.74, 6) is -0.556. The van der Waals surface area contributed by atoms with Crippen molar-refractivity contribution in [2.45, 2.75) is 121 Å².